The summed E-state index contributed by atoms with van der Waals surface area (Å²) in [6, 6.07) is 0. The third-order valence-corrected chi connectivity index (χ3v) is 6.43. The van der Waals surface area contributed by atoms with Crippen molar-refractivity contribution in [2.24, 2.45) is 11.1 Å². The minimum atomic E-state index is -0.411. The van der Waals surface area contributed by atoms with Crippen molar-refractivity contribution in [2.75, 3.05) is 0 Å². The maximum atomic E-state index is 12.5. The number of carbonyl (C=O) groups is 2. The topological polar surface area (TPSA) is 60.2 Å². The Hall–Kier alpha value is -0.460. The van der Waals surface area contributed by atoms with Gasteiger partial charge in [0.1, 0.15) is 0 Å². The molecule has 20 heavy (non-hydrogen) atoms. The summed E-state index contributed by atoms with van der Waals surface area (Å²) in [5.74, 6) is 0.201. The lowest BCUT2D eigenvalue weighted by Gasteiger charge is -2.29. The summed E-state index contributed by atoms with van der Waals surface area (Å²) in [5.41, 5.74) is 7.14. The zero-order valence-electron chi connectivity index (χ0n) is 12.1. The van der Waals surface area contributed by atoms with Crippen LogP contribution in [0, 0.1) is 5.41 Å². The van der Waals surface area contributed by atoms with Crippen LogP contribution < -0.4 is 5.73 Å². The van der Waals surface area contributed by atoms with Gasteiger partial charge < -0.3 is 5.73 Å². The molecule has 2 N–H and O–H groups in total. The third kappa shape index (κ3) is 3.40. The number of thioether (sulfide) groups is 2. The average molecular weight is 330 g/mol. The number of amides is 1. The van der Waals surface area contributed by atoms with Crippen LogP contribution in [0.15, 0.2) is 8.42 Å². The van der Waals surface area contributed by atoms with Gasteiger partial charge in [-0.1, -0.05) is 27.7 Å². The molecule has 0 saturated heterocycles. The van der Waals surface area contributed by atoms with E-state index < -0.39 is 5.24 Å². The Labute approximate surface area is 132 Å². The molecule has 1 heterocycles. The quantitative estimate of drug-likeness (QED) is 0.825. The predicted molar refractivity (Wildman–Crippen MR) is 87.2 cm³/mol. The molecule has 0 aromatic carbocycles. The number of hydrogen-bond acceptors (Lipinski definition) is 5. The number of fused-ring (bicyclic) bond motifs is 1. The van der Waals surface area contributed by atoms with Crippen molar-refractivity contribution in [1.29, 1.82) is 0 Å². The number of ketones is 1. The zero-order valence-corrected chi connectivity index (χ0v) is 14.6. The van der Waals surface area contributed by atoms with Crippen molar-refractivity contribution in [1.82, 2.24) is 0 Å². The van der Waals surface area contributed by atoms with Crippen LogP contribution in [0.2, 0.25) is 0 Å². The molecule has 3 nitrogen and oxygen atoms in total. The molecule has 1 aliphatic carbocycles. The van der Waals surface area contributed by atoms with Crippen molar-refractivity contribution in [2.45, 2.75) is 54.2 Å². The summed E-state index contributed by atoms with van der Waals surface area (Å²) in [7, 11) is 0. The number of hydrogen-bond donors (Lipinski definition) is 1. The molecule has 0 radical (unpaired) electrons. The number of nitrogens with two attached hydrogens (primary N) is 1. The molecule has 0 atom stereocenters. The smallest absolute Gasteiger partial charge is 0.282 e. The van der Waals surface area contributed by atoms with E-state index in [9.17, 15) is 9.59 Å². The zero-order chi connectivity index (χ0) is 15.1. The summed E-state index contributed by atoms with van der Waals surface area (Å²) in [6.07, 6.45) is 1.40. The second-order valence-corrected chi connectivity index (χ2v) is 10.2. The Morgan fingerprint density at radius 2 is 1.95 bits per heavy atom. The Balaban J connectivity index is 2.50. The first kappa shape index (κ1) is 15.9. The molecule has 0 bridgehead atoms. The van der Waals surface area contributed by atoms with Crippen molar-refractivity contribution < 1.29 is 9.59 Å². The van der Waals surface area contributed by atoms with Gasteiger partial charge in [-0.25, -0.2) is 0 Å². The highest BCUT2D eigenvalue weighted by Crippen LogP contribution is 2.48. The molecule has 1 aromatic heterocycles. The average Bonchev–Trinajstić information content (AvgIpc) is 2.52. The van der Waals surface area contributed by atoms with Crippen molar-refractivity contribution >= 4 is 45.9 Å². The largest absolute Gasteiger partial charge is 0.360 e. The molecular weight excluding hydrogens is 310 g/mol. The lowest BCUT2D eigenvalue weighted by atomic mass is 9.75. The molecule has 0 spiro atoms. The lowest BCUT2D eigenvalue weighted by Crippen LogP contribution is -2.26. The van der Waals surface area contributed by atoms with E-state index in [1.165, 1.54) is 0 Å². The van der Waals surface area contributed by atoms with Crippen LogP contribution in [0.4, 0.5) is 4.79 Å². The van der Waals surface area contributed by atoms with E-state index in [0.717, 1.165) is 37.7 Å². The highest BCUT2D eigenvalue weighted by atomic mass is 32.2. The van der Waals surface area contributed by atoms with Gasteiger partial charge in [-0.3, -0.25) is 9.59 Å². The van der Waals surface area contributed by atoms with Gasteiger partial charge >= 0.3 is 0 Å². The Kier molecular flexibility index (Phi) is 4.56. The SMILES string of the molecule is CC(C)Sc1sc(SC(N)=O)c2c1C(=O)CC(C)(C)C2. The van der Waals surface area contributed by atoms with Gasteiger partial charge in [-0.15, -0.1) is 23.1 Å². The monoisotopic (exact) mass is 329 g/mol. The van der Waals surface area contributed by atoms with Crippen LogP contribution in [-0.4, -0.2) is 16.3 Å². The third-order valence-electron chi connectivity index (χ3n) is 3.05. The molecule has 1 aliphatic rings. The molecule has 2 rings (SSSR count). The normalized spacial score (nSPS) is 17.4. The van der Waals surface area contributed by atoms with E-state index in [1.807, 2.05) is 0 Å². The van der Waals surface area contributed by atoms with Crippen LogP contribution >= 0.6 is 34.9 Å². The first-order chi connectivity index (χ1) is 9.19. The van der Waals surface area contributed by atoms with Gasteiger partial charge in [0, 0.05) is 17.2 Å². The molecule has 6 heteroatoms. The van der Waals surface area contributed by atoms with Crippen molar-refractivity contribution in [3.8, 4) is 0 Å². The number of thiophene rings is 1. The maximum Gasteiger partial charge on any atom is 0.282 e. The van der Waals surface area contributed by atoms with Gasteiger partial charge in [0.05, 0.1) is 8.42 Å². The molecule has 0 saturated carbocycles. The Bertz CT molecular complexity index is 561. The summed E-state index contributed by atoms with van der Waals surface area (Å²) in [5, 5.41) is -0.00195. The number of carbonyl (C=O) groups excluding carboxylic acids is 2. The second-order valence-electron chi connectivity index (χ2n) is 6.06. The van der Waals surface area contributed by atoms with E-state index in [1.54, 1.807) is 23.1 Å². The first-order valence-electron chi connectivity index (χ1n) is 6.52. The molecular formula is C14H19NO2S3. The van der Waals surface area contributed by atoms with E-state index in [-0.39, 0.29) is 11.2 Å². The van der Waals surface area contributed by atoms with Crippen molar-refractivity contribution in [3.63, 3.8) is 0 Å². The van der Waals surface area contributed by atoms with E-state index in [2.05, 4.69) is 27.7 Å². The maximum absolute atomic E-state index is 12.5. The first-order valence-corrected chi connectivity index (χ1v) is 9.03. The summed E-state index contributed by atoms with van der Waals surface area (Å²) in [4.78, 5) is 23.7. The fourth-order valence-corrected chi connectivity index (χ4v) is 6.31. The number of Topliss-reactive ketones (excluding diaryl/α,β-unsaturated/α-hetero) is 1. The minimum absolute atomic E-state index is 0.0438. The van der Waals surface area contributed by atoms with Crippen molar-refractivity contribution in [3.05, 3.63) is 11.1 Å². The van der Waals surface area contributed by atoms with Gasteiger partial charge in [-0.05, 0) is 29.2 Å². The molecule has 0 unspecified atom stereocenters. The van der Waals surface area contributed by atoms with Crippen LogP contribution in [-0.2, 0) is 6.42 Å². The van der Waals surface area contributed by atoms with Gasteiger partial charge in [0.25, 0.3) is 5.24 Å². The summed E-state index contributed by atoms with van der Waals surface area (Å²) < 4.78 is 1.94. The highest BCUT2D eigenvalue weighted by molar-refractivity contribution is 8.15. The Morgan fingerprint density at radius 1 is 1.30 bits per heavy atom. The van der Waals surface area contributed by atoms with Crippen LogP contribution in [0.1, 0.15) is 50.0 Å². The fraction of sp³-hybridized carbons (Fsp3) is 0.571. The standard InChI is InChI=1S/C14H19NO2S3/c1-7(2)18-12-10-8(11(19-12)20-13(15)17)5-14(3,4)6-9(10)16/h7H,5-6H2,1-4H3,(H2,15,17). The molecule has 110 valence electrons. The molecule has 1 amide bonds. The van der Waals surface area contributed by atoms with Gasteiger partial charge in [-0.2, -0.15) is 0 Å². The minimum Gasteiger partial charge on any atom is -0.360 e. The summed E-state index contributed by atoms with van der Waals surface area (Å²) in [6.45, 7) is 8.41. The van der Waals surface area contributed by atoms with E-state index >= 15 is 0 Å². The van der Waals surface area contributed by atoms with Crippen LogP contribution in [0.25, 0.3) is 0 Å². The van der Waals surface area contributed by atoms with E-state index in [0.29, 0.717) is 11.7 Å². The molecule has 0 aliphatic heterocycles. The summed E-state index contributed by atoms with van der Waals surface area (Å²) >= 11 is 4.29. The molecule has 0 fully saturated rings. The predicted octanol–water partition coefficient (Wildman–Crippen LogP) is 4.57. The fourth-order valence-electron chi connectivity index (χ4n) is 2.40. The Morgan fingerprint density at radius 3 is 2.50 bits per heavy atom. The van der Waals surface area contributed by atoms with Gasteiger partial charge in [0.15, 0.2) is 5.78 Å². The van der Waals surface area contributed by atoms with Crippen LogP contribution in [0.3, 0.4) is 0 Å². The number of rotatable bonds is 3. The number of primary amides is 1. The van der Waals surface area contributed by atoms with Gasteiger partial charge in [0.2, 0.25) is 0 Å². The molecule has 1 aromatic rings. The second kappa shape index (κ2) is 5.73. The lowest BCUT2D eigenvalue weighted by molar-refractivity contribution is 0.0909. The highest BCUT2D eigenvalue weighted by Gasteiger charge is 2.36. The van der Waals surface area contributed by atoms with E-state index in [4.69, 9.17) is 5.73 Å². The van der Waals surface area contributed by atoms with Crippen LogP contribution in [0.5, 0.6) is 0 Å².